The number of halogens is 1. The summed E-state index contributed by atoms with van der Waals surface area (Å²) in [5.41, 5.74) is 4.09. The Bertz CT molecular complexity index is 986. The summed E-state index contributed by atoms with van der Waals surface area (Å²) < 4.78 is 0. The van der Waals surface area contributed by atoms with Crippen LogP contribution in [0.15, 0.2) is 53.5 Å². The molecule has 2 aromatic carbocycles. The van der Waals surface area contributed by atoms with Crippen molar-refractivity contribution in [1.29, 1.82) is 0 Å². The molecule has 1 atom stereocenters. The Kier molecular flexibility index (Phi) is 5.74. The monoisotopic (exact) mass is 408 g/mol. The number of H-pyrrole nitrogens is 1. The fourth-order valence-corrected chi connectivity index (χ4v) is 4.21. The topological polar surface area (TPSA) is 70.1 Å². The Hall–Kier alpha value is -2.57. The SMILES string of the molecule is CCCCC1(C)N=C(Cl)CN1Cc1ccc(-c2ccccc2)c(-c2nn[nH]n2)c1. The highest BCUT2D eigenvalue weighted by molar-refractivity contribution is 6.66. The largest absolute Gasteiger partial charge is 0.268 e. The van der Waals surface area contributed by atoms with Gasteiger partial charge >= 0.3 is 0 Å². The lowest BCUT2D eigenvalue weighted by atomic mass is 9.96. The molecule has 7 heteroatoms. The quantitative estimate of drug-likeness (QED) is 0.604. The zero-order valence-electron chi connectivity index (χ0n) is 16.8. The number of rotatable bonds is 7. The van der Waals surface area contributed by atoms with Gasteiger partial charge in [0.2, 0.25) is 5.82 Å². The van der Waals surface area contributed by atoms with Gasteiger partial charge in [0.05, 0.1) is 6.54 Å². The molecule has 0 aliphatic carbocycles. The van der Waals surface area contributed by atoms with Crippen LogP contribution in [0.1, 0.15) is 38.7 Å². The third kappa shape index (κ3) is 4.23. The molecule has 1 aliphatic heterocycles. The van der Waals surface area contributed by atoms with Crippen LogP contribution in [0, 0.1) is 0 Å². The number of aromatic nitrogens is 4. The Morgan fingerprint density at radius 3 is 2.69 bits per heavy atom. The van der Waals surface area contributed by atoms with E-state index in [0.717, 1.165) is 42.5 Å². The Morgan fingerprint density at radius 1 is 1.14 bits per heavy atom. The molecule has 1 aliphatic rings. The van der Waals surface area contributed by atoms with E-state index in [9.17, 15) is 0 Å². The van der Waals surface area contributed by atoms with Crippen molar-refractivity contribution in [2.75, 3.05) is 6.54 Å². The average molecular weight is 409 g/mol. The van der Waals surface area contributed by atoms with Gasteiger partial charge in [-0.3, -0.25) is 9.89 Å². The van der Waals surface area contributed by atoms with Gasteiger partial charge in [0.1, 0.15) is 10.8 Å². The maximum absolute atomic E-state index is 6.33. The van der Waals surface area contributed by atoms with Gasteiger partial charge in [-0.05, 0) is 47.7 Å². The van der Waals surface area contributed by atoms with Crippen LogP contribution < -0.4 is 0 Å². The predicted octanol–water partition coefficient (Wildman–Crippen LogP) is 4.89. The van der Waals surface area contributed by atoms with Crippen LogP contribution in [0.3, 0.4) is 0 Å². The molecule has 150 valence electrons. The second-order valence-electron chi connectivity index (χ2n) is 7.65. The molecule has 1 N–H and O–H groups in total. The fraction of sp³-hybridized carbons (Fsp3) is 0.364. The second-order valence-corrected chi connectivity index (χ2v) is 8.08. The summed E-state index contributed by atoms with van der Waals surface area (Å²) in [6.07, 6.45) is 3.27. The first kappa shape index (κ1) is 19.7. The summed E-state index contributed by atoms with van der Waals surface area (Å²) in [6, 6.07) is 16.7. The van der Waals surface area contributed by atoms with Crippen molar-refractivity contribution in [3.05, 3.63) is 54.1 Å². The minimum absolute atomic E-state index is 0.252. The van der Waals surface area contributed by atoms with Crippen molar-refractivity contribution in [2.24, 2.45) is 4.99 Å². The summed E-state index contributed by atoms with van der Waals surface area (Å²) in [4.78, 5) is 7.09. The first-order valence-corrected chi connectivity index (χ1v) is 10.4. The zero-order chi connectivity index (χ0) is 20.3. The minimum Gasteiger partial charge on any atom is -0.268 e. The molecule has 0 spiro atoms. The van der Waals surface area contributed by atoms with Gasteiger partial charge in [-0.25, -0.2) is 0 Å². The van der Waals surface area contributed by atoms with E-state index in [0.29, 0.717) is 17.5 Å². The van der Waals surface area contributed by atoms with Gasteiger partial charge in [0, 0.05) is 12.1 Å². The molecule has 0 saturated carbocycles. The standard InChI is InChI=1S/C22H25ClN6/c1-3-4-12-22(2)24-20(23)15-29(22)14-16-10-11-18(17-8-6-5-7-9-17)19(13-16)21-25-27-28-26-21/h5-11,13H,3-4,12,14-15H2,1-2H3,(H,25,26,27,28). The number of unbranched alkanes of at least 4 members (excludes halogenated alkanes) is 1. The molecule has 6 nitrogen and oxygen atoms in total. The summed E-state index contributed by atoms with van der Waals surface area (Å²) >= 11 is 6.33. The number of tetrazole rings is 1. The Labute approximate surface area is 176 Å². The molecule has 3 aromatic rings. The molecule has 0 saturated heterocycles. The Morgan fingerprint density at radius 2 is 1.97 bits per heavy atom. The number of benzene rings is 2. The van der Waals surface area contributed by atoms with E-state index in [-0.39, 0.29) is 5.66 Å². The zero-order valence-corrected chi connectivity index (χ0v) is 17.5. The van der Waals surface area contributed by atoms with Gasteiger partial charge in [-0.15, -0.1) is 10.2 Å². The van der Waals surface area contributed by atoms with Crippen LogP contribution >= 0.6 is 11.6 Å². The van der Waals surface area contributed by atoms with Gasteiger partial charge < -0.3 is 0 Å². The molecule has 0 amide bonds. The molecule has 2 heterocycles. The van der Waals surface area contributed by atoms with E-state index >= 15 is 0 Å². The normalized spacial score (nSPS) is 19.5. The molecule has 0 radical (unpaired) electrons. The van der Waals surface area contributed by atoms with Gasteiger partial charge in [0.15, 0.2) is 0 Å². The molecule has 0 fully saturated rings. The van der Waals surface area contributed by atoms with E-state index in [1.54, 1.807) is 0 Å². The lowest BCUT2D eigenvalue weighted by molar-refractivity contribution is 0.129. The molecule has 1 aromatic heterocycles. The van der Waals surface area contributed by atoms with Crippen molar-refractivity contribution < 1.29 is 0 Å². The number of aromatic amines is 1. The molecule has 1 unspecified atom stereocenters. The number of aliphatic imine (C=N–C) groups is 1. The highest BCUT2D eigenvalue weighted by Gasteiger charge is 2.36. The minimum atomic E-state index is -0.252. The Balaban J connectivity index is 1.66. The van der Waals surface area contributed by atoms with Crippen LogP contribution in [0.5, 0.6) is 0 Å². The first-order valence-electron chi connectivity index (χ1n) is 10.0. The molecular weight excluding hydrogens is 384 g/mol. The summed E-state index contributed by atoms with van der Waals surface area (Å²) in [5, 5.41) is 15.4. The van der Waals surface area contributed by atoms with E-state index in [4.69, 9.17) is 16.6 Å². The van der Waals surface area contributed by atoms with Gasteiger partial charge in [0.25, 0.3) is 0 Å². The summed E-state index contributed by atoms with van der Waals surface area (Å²) in [7, 11) is 0. The predicted molar refractivity (Wildman–Crippen MR) is 117 cm³/mol. The first-order chi connectivity index (χ1) is 14.1. The fourth-order valence-electron chi connectivity index (χ4n) is 3.89. The maximum Gasteiger partial charge on any atom is 0.205 e. The van der Waals surface area contributed by atoms with Crippen molar-refractivity contribution >= 4 is 16.8 Å². The van der Waals surface area contributed by atoms with Crippen LogP contribution in [0.2, 0.25) is 0 Å². The van der Waals surface area contributed by atoms with Crippen LogP contribution in [-0.4, -0.2) is 42.9 Å². The van der Waals surface area contributed by atoms with Crippen LogP contribution in [0.25, 0.3) is 22.5 Å². The lowest BCUT2D eigenvalue weighted by Crippen LogP contribution is -2.40. The van der Waals surface area contributed by atoms with Gasteiger partial charge in [-0.2, -0.15) is 5.21 Å². The highest BCUT2D eigenvalue weighted by atomic mass is 35.5. The van der Waals surface area contributed by atoms with Crippen molar-refractivity contribution in [2.45, 2.75) is 45.3 Å². The van der Waals surface area contributed by atoms with E-state index < -0.39 is 0 Å². The maximum atomic E-state index is 6.33. The highest BCUT2D eigenvalue weighted by Crippen LogP contribution is 2.34. The van der Waals surface area contributed by atoms with Gasteiger partial charge in [-0.1, -0.05) is 67.4 Å². The lowest BCUT2D eigenvalue weighted by Gasteiger charge is -2.33. The third-order valence-corrected chi connectivity index (χ3v) is 5.70. The van der Waals surface area contributed by atoms with Crippen molar-refractivity contribution in [3.63, 3.8) is 0 Å². The van der Waals surface area contributed by atoms with E-state index in [1.807, 2.05) is 18.2 Å². The van der Waals surface area contributed by atoms with E-state index in [1.165, 1.54) is 5.56 Å². The summed E-state index contributed by atoms with van der Waals surface area (Å²) in [5.74, 6) is 0.593. The number of hydrogen-bond donors (Lipinski definition) is 1. The smallest absolute Gasteiger partial charge is 0.205 e. The molecular formula is C22H25ClN6. The third-order valence-electron chi connectivity index (χ3n) is 5.50. The average Bonchev–Trinajstić information content (AvgIpc) is 3.36. The number of nitrogens with one attached hydrogen (secondary N) is 1. The van der Waals surface area contributed by atoms with Crippen LogP contribution in [-0.2, 0) is 6.54 Å². The summed E-state index contributed by atoms with van der Waals surface area (Å²) in [6.45, 7) is 5.82. The van der Waals surface area contributed by atoms with Crippen molar-refractivity contribution in [3.8, 4) is 22.5 Å². The van der Waals surface area contributed by atoms with Crippen molar-refractivity contribution in [1.82, 2.24) is 25.5 Å². The van der Waals surface area contributed by atoms with E-state index in [2.05, 4.69) is 69.7 Å². The second kappa shape index (κ2) is 8.43. The number of nitrogens with zero attached hydrogens (tertiary/aromatic N) is 5. The molecule has 29 heavy (non-hydrogen) atoms. The molecule has 4 rings (SSSR count). The molecule has 0 bridgehead atoms. The number of hydrogen-bond acceptors (Lipinski definition) is 5. The van der Waals surface area contributed by atoms with Crippen LogP contribution in [0.4, 0.5) is 0 Å².